The number of carbonyl (C=O) groups excluding carboxylic acids is 1. The second-order valence-electron chi connectivity index (χ2n) is 5.98. The predicted molar refractivity (Wildman–Crippen MR) is 88.1 cm³/mol. The van der Waals surface area contributed by atoms with Crippen molar-refractivity contribution >= 4 is 17.5 Å². The molecule has 0 bridgehead atoms. The molecule has 1 fully saturated rings. The normalized spacial score (nSPS) is 19.6. The lowest BCUT2D eigenvalue weighted by Crippen LogP contribution is -2.41. The molecule has 2 heterocycles. The molecule has 1 aliphatic rings. The summed E-state index contributed by atoms with van der Waals surface area (Å²) in [5, 5.41) is 3.54. The molecule has 1 aliphatic heterocycles. The van der Waals surface area contributed by atoms with E-state index in [2.05, 4.69) is 10.1 Å². The molecule has 0 unspecified atom stereocenters. The Hall–Kier alpha value is -1.88. The number of carbonyl (C=O) groups is 1. The van der Waals surface area contributed by atoms with Gasteiger partial charge in [-0.2, -0.15) is 4.98 Å². The highest BCUT2D eigenvalue weighted by atomic mass is 35.5. The van der Waals surface area contributed by atoms with Crippen LogP contribution in [0.5, 0.6) is 0 Å². The van der Waals surface area contributed by atoms with Gasteiger partial charge in [0.2, 0.25) is 17.6 Å². The van der Waals surface area contributed by atoms with Crippen LogP contribution in [-0.2, 0) is 4.79 Å². The van der Waals surface area contributed by atoms with E-state index in [0.717, 1.165) is 30.4 Å². The third-order valence-electron chi connectivity index (χ3n) is 4.13. The fraction of sp³-hybridized carbons (Fsp3) is 0.471. The number of hydrogen-bond acceptors (Lipinski definition) is 4. The third kappa shape index (κ3) is 3.39. The third-order valence-corrected chi connectivity index (χ3v) is 4.32. The molecule has 2 atom stereocenters. The minimum absolute atomic E-state index is 0.0772. The first-order chi connectivity index (χ1) is 11.1. The van der Waals surface area contributed by atoms with E-state index in [4.69, 9.17) is 16.1 Å². The summed E-state index contributed by atoms with van der Waals surface area (Å²) >= 11 is 5.97. The number of alkyl halides is 1. The summed E-state index contributed by atoms with van der Waals surface area (Å²) in [4.78, 5) is 18.6. The second-order valence-corrected chi connectivity index (χ2v) is 6.64. The number of aryl methyl sites for hydroxylation is 1. The van der Waals surface area contributed by atoms with Crippen LogP contribution < -0.4 is 0 Å². The fourth-order valence-electron chi connectivity index (χ4n) is 2.95. The topological polar surface area (TPSA) is 59.2 Å². The lowest BCUT2D eigenvalue weighted by atomic mass is 10.0. The van der Waals surface area contributed by atoms with Crippen molar-refractivity contribution in [3.8, 4) is 11.4 Å². The van der Waals surface area contributed by atoms with Gasteiger partial charge in [-0.15, -0.1) is 11.6 Å². The van der Waals surface area contributed by atoms with Crippen molar-refractivity contribution in [1.82, 2.24) is 15.0 Å². The molecule has 0 saturated carbocycles. The van der Waals surface area contributed by atoms with E-state index in [9.17, 15) is 4.79 Å². The predicted octanol–water partition coefficient (Wildman–Crippen LogP) is 3.73. The number of piperidine rings is 1. The van der Waals surface area contributed by atoms with Crippen molar-refractivity contribution < 1.29 is 9.32 Å². The van der Waals surface area contributed by atoms with Crippen LogP contribution in [0.2, 0.25) is 0 Å². The maximum atomic E-state index is 12.3. The van der Waals surface area contributed by atoms with Crippen molar-refractivity contribution in [2.24, 2.45) is 0 Å². The van der Waals surface area contributed by atoms with Gasteiger partial charge in [0, 0.05) is 12.1 Å². The Morgan fingerprint density at radius 3 is 3.00 bits per heavy atom. The van der Waals surface area contributed by atoms with Gasteiger partial charge in [0.25, 0.3) is 0 Å². The number of benzene rings is 1. The number of likely N-dealkylation sites (tertiary alicyclic amines) is 1. The zero-order chi connectivity index (χ0) is 16.4. The molecule has 3 rings (SSSR count). The van der Waals surface area contributed by atoms with Crippen LogP contribution in [0.25, 0.3) is 11.4 Å². The highest BCUT2D eigenvalue weighted by molar-refractivity contribution is 6.30. The largest absolute Gasteiger partial charge is 0.337 e. The van der Waals surface area contributed by atoms with Gasteiger partial charge in [-0.3, -0.25) is 4.79 Å². The van der Waals surface area contributed by atoms with Gasteiger partial charge in [-0.1, -0.05) is 28.9 Å². The maximum absolute atomic E-state index is 12.3. The van der Waals surface area contributed by atoms with Gasteiger partial charge >= 0.3 is 0 Å². The van der Waals surface area contributed by atoms with Crippen LogP contribution in [0.4, 0.5) is 0 Å². The first kappa shape index (κ1) is 16.0. The average Bonchev–Trinajstić information content (AvgIpc) is 3.04. The molecule has 0 radical (unpaired) electrons. The number of nitrogens with zero attached hydrogens (tertiary/aromatic N) is 3. The molecule has 122 valence electrons. The van der Waals surface area contributed by atoms with Crippen molar-refractivity contribution in [1.29, 1.82) is 0 Å². The number of aromatic nitrogens is 2. The molecule has 1 aromatic heterocycles. The monoisotopic (exact) mass is 333 g/mol. The lowest BCUT2D eigenvalue weighted by Gasteiger charge is -2.34. The molecule has 0 aliphatic carbocycles. The molecule has 1 saturated heterocycles. The Labute approximate surface area is 140 Å². The van der Waals surface area contributed by atoms with Gasteiger partial charge in [-0.05, 0) is 39.2 Å². The highest BCUT2D eigenvalue weighted by Gasteiger charge is 2.33. The Bertz CT molecular complexity index is 699. The standard InChI is InChI=1S/C17H20ClN3O2/c1-11-6-5-7-13(10-11)15-19-16(23-20-15)14-8-3-4-9-21(14)17(22)12(2)18/h5-7,10,12,14H,3-4,8-9H2,1-2H3/t12-,14+/m1/s1. The SMILES string of the molecule is Cc1cccc(-c2noc([C@@H]3CCCCN3C(=O)[C@@H](C)Cl)n2)c1. The van der Waals surface area contributed by atoms with E-state index in [1.54, 1.807) is 11.8 Å². The molecule has 0 N–H and O–H groups in total. The van der Waals surface area contributed by atoms with E-state index < -0.39 is 5.38 Å². The summed E-state index contributed by atoms with van der Waals surface area (Å²) in [7, 11) is 0. The van der Waals surface area contributed by atoms with E-state index in [1.807, 2.05) is 31.2 Å². The van der Waals surface area contributed by atoms with Gasteiger partial charge in [-0.25, -0.2) is 0 Å². The summed E-state index contributed by atoms with van der Waals surface area (Å²) in [6.45, 7) is 4.40. The quantitative estimate of drug-likeness (QED) is 0.803. The molecular formula is C17H20ClN3O2. The Kier molecular flexibility index (Phi) is 4.66. The van der Waals surface area contributed by atoms with Crippen LogP contribution in [-0.4, -0.2) is 32.9 Å². The molecule has 5 nitrogen and oxygen atoms in total. The number of rotatable bonds is 3. The molecule has 2 aromatic rings. The molecule has 0 spiro atoms. The fourth-order valence-corrected chi connectivity index (χ4v) is 3.08. The van der Waals surface area contributed by atoms with Gasteiger partial charge in [0.1, 0.15) is 11.4 Å². The van der Waals surface area contributed by atoms with Crippen LogP contribution in [0.1, 0.15) is 43.7 Å². The minimum atomic E-state index is -0.547. The number of amides is 1. The van der Waals surface area contributed by atoms with E-state index >= 15 is 0 Å². The molecule has 1 amide bonds. The molecule has 1 aromatic carbocycles. The second kappa shape index (κ2) is 6.71. The van der Waals surface area contributed by atoms with E-state index in [0.29, 0.717) is 18.3 Å². The van der Waals surface area contributed by atoms with Gasteiger partial charge in [0.15, 0.2) is 0 Å². The summed E-state index contributed by atoms with van der Waals surface area (Å²) in [6, 6.07) is 7.77. The highest BCUT2D eigenvalue weighted by Crippen LogP contribution is 2.32. The van der Waals surface area contributed by atoms with Crippen molar-refractivity contribution in [2.45, 2.75) is 44.5 Å². The zero-order valence-electron chi connectivity index (χ0n) is 13.3. The number of hydrogen-bond donors (Lipinski definition) is 0. The van der Waals surface area contributed by atoms with Gasteiger partial charge < -0.3 is 9.42 Å². The summed E-state index contributed by atoms with van der Waals surface area (Å²) in [5.74, 6) is 0.971. The number of halogens is 1. The van der Waals surface area contributed by atoms with E-state index in [-0.39, 0.29) is 11.9 Å². The summed E-state index contributed by atoms with van der Waals surface area (Å²) in [6.07, 6.45) is 2.84. The van der Waals surface area contributed by atoms with Gasteiger partial charge in [0.05, 0.1) is 0 Å². The summed E-state index contributed by atoms with van der Waals surface area (Å²) < 4.78 is 5.46. The van der Waals surface area contributed by atoms with Crippen LogP contribution in [0, 0.1) is 6.92 Å². The van der Waals surface area contributed by atoms with Crippen molar-refractivity contribution in [3.05, 3.63) is 35.7 Å². The molecule has 6 heteroatoms. The maximum Gasteiger partial charge on any atom is 0.249 e. The smallest absolute Gasteiger partial charge is 0.249 e. The lowest BCUT2D eigenvalue weighted by molar-refractivity contribution is -0.135. The zero-order valence-corrected chi connectivity index (χ0v) is 14.1. The first-order valence-corrected chi connectivity index (χ1v) is 8.35. The summed E-state index contributed by atoms with van der Waals surface area (Å²) in [5.41, 5.74) is 2.05. The average molecular weight is 334 g/mol. The molecular weight excluding hydrogens is 314 g/mol. The van der Waals surface area contributed by atoms with Crippen molar-refractivity contribution in [2.75, 3.05) is 6.54 Å². The Morgan fingerprint density at radius 2 is 2.26 bits per heavy atom. The first-order valence-electron chi connectivity index (χ1n) is 7.91. The Morgan fingerprint density at radius 1 is 1.43 bits per heavy atom. The molecule has 23 heavy (non-hydrogen) atoms. The van der Waals surface area contributed by atoms with E-state index in [1.165, 1.54) is 0 Å². The van der Waals surface area contributed by atoms with Crippen LogP contribution in [0.15, 0.2) is 28.8 Å². The minimum Gasteiger partial charge on any atom is -0.337 e. The van der Waals surface area contributed by atoms with Crippen LogP contribution in [0.3, 0.4) is 0 Å². The Balaban J connectivity index is 1.87. The van der Waals surface area contributed by atoms with Crippen LogP contribution >= 0.6 is 11.6 Å². The van der Waals surface area contributed by atoms with Crippen molar-refractivity contribution in [3.63, 3.8) is 0 Å².